The first kappa shape index (κ1) is 24.5. The van der Waals surface area contributed by atoms with Gasteiger partial charge in [-0.3, -0.25) is 4.79 Å². The molecule has 1 amide bonds. The van der Waals surface area contributed by atoms with E-state index in [-0.39, 0.29) is 5.11 Å². The van der Waals surface area contributed by atoms with Crippen LogP contribution in [0.3, 0.4) is 0 Å². The van der Waals surface area contributed by atoms with Gasteiger partial charge < -0.3 is 20.7 Å². The molecule has 0 aliphatic carbocycles. The van der Waals surface area contributed by atoms with E-state index >= 15 is 0 Å². The molecule has 11 heteroatoms. The predicted molar refractivity (Wildman–Crippen MR) is 130 cm³/mol. The molecule has 1 atom stereocenters. The van der Waals surface area contributed by atoms with Crippen molar-refractivity contribution in [3.63, 3.8) is 0 Å². The van der Waals surface area contributed by atoms with Gasteiger partial charge in [0, 0.05) is 14.5 Å². The summed E-state index contributed by atoms with van der Waals surface area (Å²) in [5.74, 6) is 0.237. The van der Waals surface area contributed by atoms with Gasteiger partial charge in [0.2, 0.25) is 3.79 Å². The number of amides is 1. The van der Waals surface area contributed by atoms with Gasteiger partial charge in [0.05, 0.1) is 12.8 Å². The first-order valence-corrected chi connectivity index (χ1v) is 11.2. The van der Waals surface area contributed by atoms with Crippen molar-refractivity contribution in [2.45, 2.75) is 16.9 Å². The van der Waals surface area contributed by atoms with Gasteiger partial charge in [-0.25, -0.2) is 0 Å². The van der Waals surface area contributed by atoms with E-state index in [0.717, 1.165) is 5.56 Å². The highest BCUT2D eigenvalue weighted by atomic mass is 79.9. The first-order valence-electron chi connectivity index (χ1n) is 8.06. The van der Waals surface area contributed by atoms with E-state index in [4.69, 9.17) is 51.8 Å². The smallest absolute Gasteiger partial charge is 0.252 e. The van der Waals surface area contributed by atoms with Crippen molar-refractivity contribution in [2.24, 2.45) is 0 Å². The second kappa shape index (κ2) is 10.5. The Morgan fingerprint density at radius 2 is 1.66 bits per heavy atom. The Morgan fingerprint density at radius 3 is 2.14 bits per heavy atom. The number of benzene rings is 2. The lowest BCUT2D eigenvalue weighted by Gasteiger charge is -2.28. The SMILES string of the molecule is COc1cc(Br)c(NC(=S)N[C@@H](NC(=O)c2ccc(C)cc2)C(Cl)(Cl)Cl)c(Br)c1. The molecule has 2 aromatic carbocycles. The Balaban J connectivity index is 2.13. The molecule has 0 spiro atoms. The summed E-state index contributed by atoms with van der Waals surface area (Å²) < 4.78 is 4.73. The Bertz CT molecular complexity index is 885. The normalized spacial score (nSPS) is 12.1. The highest BCUT2D eigenvalue weighted by Crippen LogP contribution is 2.35. The standard InChI is InChI=1S/C18H16Br2Cl3N3O2S/c1-9-3-5-10(6-4-9)15(27)25-16(18(21,22)23)26-17(29)24-14-12(19)7-11(28-2)8-13(14)20/h3-8,16H,1-2H3,(H,25,27)(H2,24,26,29)/t16-/m1/s1. The van der Waals surface area contributed by atoms with Crippen LogP contribution in [-0.4, -0.2) is 28.1 Å². The number of alkyl halides is 3. The zero-order valence-electron chi connectivity index (χ0n) is 15.2. The summed E-state index contributed by atoms with van der Waals surface area (Å²) >= 11 is 30.3. The first-order chi connectivity index (χ1) is 13.5. The third-order valence-corrected chi connectivity index (χ3v) is 5.81. The Labute approximate surface area is 206 Å². The molecule has 5 nitrogen and oxygen atoms in total. The number of carbonyl (C=O) groups excluding carboxylic acids is 1. The molecule has 0 heterocycles. The Kier molecular flexibility index (Phi) is 8.87. The molecular weight excluding hydrogens is 588 g/mol. The number of nitrogens with one attached hydrogen (secondary N) is 3. The number of rotatable bonds is 5. The van der Waals surface area contributed by atoms with Crippen LogP contribution in [0.5, 0.6) is 5.75 Å². The van der Waals surface area contributed by atoms with Crippen LogP contribution in [0, 0.1) is 6.92 Å². The summed E-state index contributed by atoms with van der Waals surface area (Å²) in [5, 5.41) is 8.59. The topological polar surface area (TPSA) is 62.4 Å². The van der Waals surface area contributed by atoms with E-state index in [1.54, 1.807) is 31.4 Å². The van der Waals surface area contributed by atoms with E-state index in [9.17, 15) is 4.79 Å². The van der Waals surface area contributed by atoms with Crippen LogP contribution in [0.1, 0.15) is 15.9 Å². The van der Waals surface area contributed by atoms with Crippen LogP contribution in [0.2, 0.25) is 0 Å². The van der Waals surface area contributed by atoms with Crippen LogP contribution in [-0.2, 0) is 0 Å². The van der Waals surface area contributed by atoms with Crippen LogP contribution in [0.15, 0.2) is 45.3 Å². The Hall–Kier alpha value is -0.770. The van der Waals surface area contributed by atoms with Crippen molar-refractivity contribution in [3.05, 3.63) is 56.5 Å². The number of hydrogen-bond donors (Lipinski definition) is 3. The molecule has 3 N–H and O–H groups in total. The molecule has 0 bridgehead atoms. The lowest BCUT2D eigenvalue weighted by atomic mass is 10.1. The number of ether oxygens (including phenoxy) is 1. The average molecular weight is 605 g/mol. The Morgan fingerprint density at radius 1 is 1.10 bits per heavy atom. The maximum absolute atomic E-state index is 12.5. The molecule has 0 aromatic heterocycles. The lowest BCUT2D eigenvalue weighted by Crippen LogP contribution is -2.56. The van der Waals surface area contributed by atoms with Gasteiger partial charge in [-0.1, -0.05) is 52.5 Å². The fourth-order valence-corrected chi connectivity index (χ4v) is 4.08. The van der Waals surface area contributed by atoms with Crippen LogP contribution >= 0.6 is 78.9 Å². The number of anilines is 1. The van der Waals surface area contributed by atoms with Crippen LogP contribution in [0.4, 0.5) is 5.69 Å². The van der Waals surface area contributed by atoms with Crippen molar-refractivity contribution in [3.8, 4) is 5.75 Å². The van der Waals surface area contributed by atoms with Gasteiger partial charge in [0.1, 0.15) is 11.9 Å². The van der Waals surface area contributed by atoms with Crippen molar-refractivity contribution in [2.75, 3.05) is 12.4 Å². The number of aryl methyl sites for hydroxylation is 1. The fraction of sp³-hybridized carbons (Fsp3) is 0.222. The number of halogens is 5. The van der Waals surface area contributed by atoms with Crippen LogP contribution in [0.25, 0.3) is 0 Å². The molecule has 0 aliphatic rings. The summed E-state index contributed by atoms with van der Waals surface area (Å²) in [6, 6.07) is 10.5. The maximum atomic E-state index is 12.5. The van der Waals surface area contributed by atoms with Crippen LogP contribution < -0.4 is 20.7 Å². The van der Waals surface area contributed by atoms with Gasteiger partial charge in [-0.05, 0) is 75.3 Å². The second-order valence-electron chi connectivity index (χ2n) is 5.88. The summed E-state index contributed by atoms with van der Waals surface area (Å²) in [6.45, 7) is 1.92. The monoisotopic (exact) mass is 601 g/mol. The molecule has 0 fully saturated rings. The van der Waals surface area contributed by atoms with Gasteiger partial charge in [0.15, 0.2) is 5.11 Å². The van der Waals surface area contributed by atoms with Gasteiger partial charge in [0.25, 0.3) is 5.91 Å². The quantitative estimate of drug-likeness (QED) is 0.224. The number of carbonyl (C=O) groups is 1. The minimum atomic E-state index is -1.86. The van der Waals surface area contributed by atoms with Crippen molar-refractivity contribution < 1.29 is 9.53 Å². The second-order valence-corrected chi connectivity index (χ2v) is 10.4. The molecule has 2 aromatic rings. The lowest BCUT2D eigenvalue weighted by molar-refractivity contribution is 0.0934. The summed E-state index contributed by atoms with van der Waals surface area (Å²) in [7, 11) is 1.57. The predicted octanol–water partition coefficient (Wildman–Crippen LogP) is 5.94. The summed E-state index contributed by atoms with van der Waals surface area (Å²) in [4.78, 5) is 12.5. The van der Waals surface area contributed by atoms with Crippen molar-refractivity contribution in [1.29, 1.82) is 0 Å². The molecule has 0 unspecified atom stereocenters. The number of thiocarbonyl (C=S) groups is 1. The molecule has 0 saturated heterocycles. The van der Waals surface area contributed by atoms with Crippen molar-refractivity contribution in [1.82, 2.24) is 10.6 Å². The van der Waals surface area contributed by atoms with E-state index in [0.29, 0.717) is 25.9 Å². The molecule has 0 radical (unpaired) electrons. The zero-order valence-corrected chi connectivity index (χ0v) is 21.4. The maximum Gasteiger partial charge on any atom is 0.252 e. The highest BCUT2D eigenvalue weighted by molar-refractivity contribution is 9.11. The highest BCUT2D eigenvalue weighted by Gasteiger charge is 2.35. The molecule has 2 rings (SSSR count). The van der Waals surface area contributed by atoms with Gasteiger partial charge >= 0.3 is 0 Å². The van der Waals surface area contributed by atoms with E-state index in [1.807, 2.05) is 19.1 Å². The molecule has 0 aliphatic heterocycles. The third-order valence-electron chi connectivity index (χ3n) is 3.68. The molecule has 0 saturated carbocycles. The van der Waals surface area contributed by atoms with Gasteiger partial charge in [-0.15, -0.1) is 0 Å². The fourth-order valence-electron chi connectivity index (χ4n) is 2.19. The van der Waals surface area contributed by atoms with E-state index in [1.165, 1.54) is 0 Å². The molecule has 29 heavy (non-hydrogen) atoms. The van der Waals surface area contributed by atoms with Crippen molar-refractivity contribution >= 4 is 95.6 Å². The molecule has 156 valence electrons. The largest absolute Gasteiger partial charge is 0.497 e. The summed E-state index contributed by atoms with van der Waals surface area (Å²) in [6.07, 6.45) is -1.09. The molecular formula is C18H16Br2Cl3N3O2S. The van der Waals surface area contributed by atoms with E-state index < -0.39 is 15.9 Å². The summed E-state index contributed by atoms with van der Waals surface area (Å²) in [5.41, 5.74) is 2.09. The van der Waals surface area contributed by atoms with E-state index in [2.05, 4.69) is 47.8 Å². The number of methoxy groups -OCH3 is 1. The minimum absolute atomic E-state index is 0.136. The minimum Gasteiger partial charge on any atom is -0.497 e. The zero-order chi connectivity index (χ0) is 21.8. The average Bonchev–Trinajstić information content (AvgIpc) is 2.63. The third kappa shape index (κ3) is 7.15. The van der Waals surface area contributed by atoms with Gasteiger partial charge in [-0.2, -0.15) is 0 Å². The number of hydrogen-bond acceptors (Lipinski definition) is 3.